The molecule has 1 aromatic carbocycles. The highest BCUT2D eigenvalue weighted by atomic mass is 16.5. The van der Waals surface area contributed by atoms with E-state index in [0.29, 0.717) is 18.1 Å². The number of nitrogens with zero attached hydrogens (tertiary/aromatic N) is 7. The molecule has 2 aromatic heterocycles. The van der Waals surface area contributed by atoms with Crippen molar-refractivity contribution in [3.05, 3.63) is 54.4 Å². The summed E-state index contributed by atoms with van der Waals surface area (Å²) in [4.78, 5) is 19.3. The highest BCUT2D eigenvalue weighted by Gasteiger charge is 2.27. The molecular weight excluding hydrogens is 358 g/mol. The lowest BCUT2D eigenvalue weighted by molar-refractivity contribution is 0.0710. The molecule has 0 bridgehead atoms. The minimum Gasteiger partial charge on any atom is -0.383 e. The van der Waals surface area contributed by atoms with Gasteiger partial charge < -0.3 is 14.2 Å². The average molecular weight is 381 g/mol. The van der Waals surface area contributed by atoms with Crippen molar-refractivity contribution in [3.63, 3.8) is 0 Å². The Balaban J connectivity index is 1.37. The van der Waals surface area contributed by atoms with Crippen molar-refractivity contribution in [3.8, 4) is 5.69 Å². The predicted octanol–water partition coefficient (Wildman–Crippen LogP) is 1.52. The van der Waals surface area contributed by atoms with Crippen molar-refractivity contribution in [1.82, 2.24) is 34.7 Å². The first-order valence-electron chi connectivity index (χ1n) is 9.39. The molecule has 3 heterocycles. The maximum Gasteiger partial charge on any atom is 0.253 e. The summed E-state index contributed by atoms with van der Waals surface area (Å²) in [5.74, 6) is 1.53. The van der Waals surface area contributed by atoms with Crippen molar-refractivity contribution >= 4 is 5.91 Å². The Morgan fingerprint density at radius 2 is 2.00 bits per heavy atom. The van der Waals surface area contributed by atoms with E-state index in [1.165, 1.54) is 6.33 Å². The van der Waals surface area contributed by atoms with E-state index >= 15 is 0 Å². The number of imidazole rings is 1. The van der Waals surface area contributed by atoms with Gasteiger partial charge in [-0.2, -0.15) is 0 Å². The summed E-state index contributed by atoms with van der Waals surface area (Å²) < 4.78 is 8.89. The van der Waals surface area contributed by atoms with Crippen LogP contribution in [0.2, 0.25) is 0 Å². The van der Waals surface area contributed by atoms with Gasteiger partial charge in [0, 0.05) is 50.6 Å². The lowest BCUT2D eigenvalue weighted by atomic mass is 9.95. The van der Waals surface area contributed by atoms with Crippen LogP contribution in [-0.2, 0) is 11.3 Å². The number of methoxy groups -OCH3 is 1. The molecule has 0 spiro atoms. The molecule has 1 amide bonds. The summed E-state index contributed by atoms with van der Waals surface area (Å²) in [7, 11) is 1.70. The van der Waals surface area contributed by atoms with Crippen LogP contribution in [0.5, 0.6) is 0 Å². The molecule has 1 fully saturated rings. The Hall–Kier alpha value is -3.07. The number of tetrazole rings is 1. The molecule has 0 N–H and O–H groups in total. The first kappa shape index (κ1) is 18.3. The van der Waals surface area contributed by atoms with Crippen LogP contribution >= 0.6 is 0 Å². The minimum absolute atomic E-state index is 0.0597. The SMILES string of the molecule is COCCn1ccnc1C1CCN(C(=O)c2ccc(-n3cnnn3)cc2)CC1. The monoisotopic (exact) mass is 381 g/mol. The number of rotatable bonds is 6. The maximum absolute atomic E-state index is 12.8. The summed E-state index contributed by atoms with van der Waals surface area (Å²) in [5, 5.41) is 11.1. The van der Waals surface area contributed by atoms with Crippen molar-refractivity contribution in [2.45, 2.75) is 25.3 Å². The highest BCUT2D eigenvalue weighted by Crippen LogP contribution is 2.27. The van der Waals surface area contributed by atoms with Crippen molar-refractivity contribution in [2.24, 2.45) is 0 Å². The number of piperidine rings is 1. The lowest BCUT2D eigenvalue weighted by Gasteiger charge is -2.32. The third kappa shape index (κ3) is 3.79. The van der Waals surface area contributed by atoms with Crippen LogP contribution < -0.4 is 0 Å². The first-order valence-corrected chi connectivity index (χ1v) is 9.39. The Morgan fingerprint density at radius 3 is 2.68 bits per heavy atom. The fraction of sp³-hybridized carbons (Fsp3) is 0.421. The van der Waals surface area contributed by atoms with E-state index in [1.807, 2.05) is 41.6 Å². The molecule has 0 unspecified atom stereocenters. The Bertz CT molecular complexity index is 897. The summed E-state index contributed by atoms with van der Waals surface area (Å²) in [6.45, 7) is 2.94. The number of carbonyl (C=O) groups is 1. The number of aromatic nitrogens is 6. The fourth-order valence-electron chi connectivity index (χ4n) is 3.62. The Morgan fingerprint density at radius 1 is 1.21 bits per heavy atom. The summed E-state index contributed by atoms with van der Waals surface area (Å²) in [5.41, 5.74) is 1.50. The zero-order valence-electron chi connectivity index (χ0n) is 15.8. The molecule has 0 radical (unpaired) electrons. The molecule has 9 nitrogen and oxygen atoms in total. The summed E-state index contributed by atoms with van der Waals surface area (Å²) in [6, 6.07) is 7.34. The van der Waals surface area contributed by atoms with Crippen molar-refractivity contribution < 1.29 is 9.53 Å². The van der Waals surface area contributed by atoms with Crippen LogP contribution in [0.3, 0.4) is 0 Å². The van der Waals surface area contributed by atoms with Gasteiger partial charge in [0.15, 0.2) is 0 Å². The smallest absolute Gasteiger partial charge is 0.253 e. The summed E-state index contributed by atoms with van der Waals surface area (Å²) >= 11 is 0. The number of ether oxygens (including phenoxy) is 1. The van der Waals surface area contributed by atoms with Gasteiger partial charge in [0.1, 0.15) is 12.2 Å². The molecule has 9 heteroatoms. The maximum atomic E-state index is 12.8. The number of likely N-dealkylation sites (tertiary alicyclic amines) is 1. The number of hydrogen-bond donors (Lipinski definition) is 0. The molecule has 4 rings (SSSR count). The van der Waals surface area contributed by atoms with Crippen LogP contribution in [0.15, 0.2) is 43.0 Å². The van der Waals surface area contributed by atoms with Crippen molar-refractivity contribution in [1.29, 1.82) is 0 Å². The fourth-order valence-corrected chi connectivity index (χ4v) is 3.62. The van der Waals surface area contributed by atoms with Crippen LogP contribution in [0.25, 0.3) is 5.69 Å². The summed E-state index contributed by atoms with van der Waals surface area (Å²) in [6.07, 6.45) is 7.20. The van der Waals surface area contributed by atoms with Gasteiger partial charge in [-0.15, -0.1) is 5.10 Å². The van der Waals surface area contributed by atoms with Gasteiger partial charge in [-0.05, 0) is 47.5 Å². The molecule has 1 aliphatic rings. The van der Waals surface area contributed by atoms with E-state index in [9.17, 15) is 4.79 Å². The van der Waals surface area contributed by atoms with Crippen LogP contribution in [0.4, 0.5) is 0 Å². The van der Waals surface area contributed by atoms with Gasteiger partial charge in [0.05, 0.1) is 12.3 Å². The van der Waals surface area contributed by atoms with Crippen molar-refractivity contribution in [2.75, 3.05) is 26.8 Å². The van der Waals surface area contributed by atoms with E-state index in [0.717, 1.165) is 44.0 Å². The molecule has 0 saturated carbocycles. The van der Waals surface area contributed by atoms with Gasteiger partial charge in [0.2, 0.25) is 0 Å². The third-order valence-corrected chi connectivity index (χ3v) is 5.16. The quantitative estimate of drug-likeness (QED) is 0.643. The molecule has 28 heavy (non-hydrogen) atoms. The molecule has 1 aliphatic heterocycles. The molecule has 1 saturated heterocycles. The van der Waals surface area contributed by atoms with Gasteiger partial charge in [0.25, 0.3) is 5.91 Å². The zero-order valence-corrected chi connectivity index (χ0v) is 15.8. The molecular formula is C19H23N7O2. The highest BCUT2D eigenvalue weighted by molar-refractivity contribution is 5.94. The Labute approximate surface area is 162 Å². The predicted molar refractivity (Wildman–Crippen MR) is 101 cm³/mol. The number of amides is 1. The van der Waals surface area contributed by atoms with E-state index < -0.39 is 0 Å². The van der Waals surface area contributed by atoms with E-state index in [-0.39, 0.29) is 5.91 Å². The largest absolute Gasteiger partial charge is 0.383 e. The topological polar surface area (TPSA) is 91.0 Å². The van der Waals surface area contributed by atoms with E-state index in [4.69, 9.17) is 4.74 Å². The van der Waals surface area contributed by atoms with Crippen LogP contribution in [0.1, 0.15) is 34.9 Å². The second kappa shape index (κ2) is 8.30. The van der Waals surface area contributed by atoms with E-state index in [1.54, 1.807) is 11.8 Å². The van der Waals surface area contributed by atoms with Crippen LogP contribution in [-0.4, -0.2) is 67.4 Å². The number of hydrogen-bond acceptors (Lipinski definition) is 6. The zero-order chi connectivity index (χ0) is 19.3. The van der Waals surface area contributed by atoms with Gasteiger partial charge in [-0.3, -0.25) is 4.79 Å². The average Bonchev–Trinajstić information content (AvgIpc) is 3.44. The Kier molecular flexibility index (Phi) is 5.43. The second-order valence-electron chi connectivity index (χ2n) is 6.84. The van der Waals surface area contributed by atoms with Gasteiger partial charge in [-0.25, -0.2) is 9.67 Å². The third-order valence-electron chi connectivity index (χ3n) is 5.16. The molecule has 3 aromatic rings. The normalized spacial score (nSPS) is 15.1. The lowest BCUT2D eigenvalue weighted by Crippen LogP contribution is -2.38. The van der Waals surface area contributed by atoms with Gasteiger partial charge in [-0.1, -0.05) is 0 Å². The molecule has 146 valence electrons. The number of benzene rings is 1. The second-order valence-corrected chi connectivity index (χ2v) is 6.84. The minimum atomic E-state index is 0.0597. The van der Waals surface area contributed by atoms with E-state index in [2.05, 4.69) is 25.1 Å². The van der Waals surface area contributed by atoms with Crippen LogP contribution in [0, 0.1) is 0 Å². The standard InChI is InChI=1S/C19H23N7O2/c1-28-13-12-24-11-8-20-18(24)15-6-9-25(10-7-15)19(27)16-2-4-17(5-3-16)26-14-21-22-23-26/h2-5,8,11,14-15H,6-7,9-10,12-13H2,1H3. The first-order chi connectivity index (χ1) is 13.8. The van der Waals surface area contributed by atoms with Gasteiger partial charge >= 0.3 is 0 Å². The molecule has 0 aliphatic carbocycles. The number of carbonyl (C=O) groups excluding carboxylic acids is 1. The molecule has 0 atom stereocenters.